The van der Waals surface area contributed by atoms with Crippen LogP contribution in [0.15, 0.2) is 46.1 Å². The Bertz CT molecular complexity index is 1410. The molecule has 0 bridgehead atoms. The Balaban J connectivity index is 1.60. The van der Waals surface area contributed by atoms with Crippen LogP contribution in [-0.4, -0.2) is 15.9 Å². The second-order valence-corrected chi connectivity index (χ2v) is 9.43. The topological polar surface area (TPSA) is 74.8 Å². The number of aryl methyl sites for hydroxylation is 3. The summed E-state index contributed by atoms with van der Waals surface area (Å²) < 4.78 is 26.5. The van der Waals surface area contributed by atoms with Crippen LogP contribution >= 0.6 is 23.1 Å². The molecule has 2 heterocycles. The normalized spacial score (nSPS) is 11.2. The van der Waals surface area contributed by atoms with E-state index in [4.69, 9.17) is 0 Å². The summed E-state index contributed by atoms with van der Waals surface area (Å²) in [6.07, 6.45) is 0. The summed E-state index contributed by atoms with van der Waals surface area (Å²) in [6, 6.07) is 9.37. The monoisotopic (exact) mass is 471 g/mol. The molecular weight excluding hydrogens is 452 g/mol. The van der Waals surface area contributed by atoms with Gasteiger partial charge in [-0.05, 0) is 56.2 Å². The number of H-pyrrole nitrogens is 1. The van der Waals surface area contributed by atoms with Gasteiger partial charge in [-0.1, -0.05) is 17.7 Å². The molecule has 0 aliphatic heterocycles. The Morgan fingerprint density at radius 1 is 1.12 bits per heavy atom. The third-order valence-corrected chi connectivity index (χ3v) is 7.14. The molecule has 2 N–H and O–H groups in total. The third kappa shape index (κ3) is 4.44. The Labute approximate surface area is 190 Å². The lowest BCUT2D eigenvalue weighted by Gasteiger charge is -2.08. The lowest BCUT2D eigenvalue weighted by Crippen LogP contribution is -2.13. The number of carbonyl (C=O) groups is 1. The molecule has 4 rings (SSSR count). The zero-order valence-corrected chi connectivity index (χ0v) is 19.1. The van der Waals surface area contributed by atoms with Crippen LogP contribution < -0.4 is 10.9 Å². The van der Waals surface area contributed by atoms with Crippen molar-refractivity contribution in [3.05, 3.63) is 85.8 Å². The van der Waals surface area contributed by atoms with Gasteiger partial charge < -0.3 is 10.3 Å². The van der Waals surface area contributed by atoms with Crippen LogP contribution in [0.3, 0.4) is 0 Å². The van der Waals surface area contributed by atoms with Crippen LogP contribution in [0.25, 0.3) is 10.2 Å². The Morgan fingerprint density at radius 3 is 2.62 bits per heavy atom. The Morgan fingerprint density at radius 2 is 1.91 bits per heavy atom. The van der Waals surface area contributed by atoms with Crippen LogP contribution in [0.5, 0.6) is 0 Å². The molecule has 1 amide bonds. The van der Waals surface area contributed by atoms with Gasteiger partial charge in [0.15, 0.2) is 11.6 Å². The second kappa shape index (κ2) is 8.84. The van der Waals surface area contributed by atoms with Crippen LogP contribution in [0, 0.1) is 32.4 Å². The molecular formula is C23H19F2N3O2S2. The van der Waals surface area contributed by atoms with Gasteiger partial charge in [0.1, 0.15) is 10.7 Å². The molecule has 32 heavy (non-hydrogen) atoms. The molecule has 0 unspecified atom stereocenters. The van der Waals surface area contributed by atoms with E-state index < -0.39 is 11.6 Å². The summed E-state index contributed by atoms with van der Waals surface area (Å²) >= 11 is 2.37. The Kier molecular flexibility index (Phi) is 6.12. The largest absolute Gasteiger partial charge is 0.321 e. The smallest absolute Gasteiger partial charge is 0.266 e. The summed E-state index contributed by atoms with van der Waals surface area (Å²) in [7, 11) is 0. The fourth-order valence-corrected chi connectivity index (χ4v) is 5.21. The highest BCUT2D eigenvalue weighted by molar-refractivity contribution is 7.98. The number of thioether (sulfide) groups is 1. The van der Waals surface area contributed by atoms with Gasteiger partial charge in [-0.3, -0.25) is 9.59 Å². The van der Waals surface area contributed by atoms with E-state index in [1.165, 1.54) is 17.8 Å². The van der Waals surface area contributed by atoms with Gasteiger partial charge in [-0.2, -0.15) is 0 Å². The average Bonchev–Trinajstić information content (AvgIpc) is 3.08. The molecule has 0 aliphatic carbocycles. The zero-order chi connectivity index (χ0) is 23.0. The van der Waals surface area contributed by atoms with Crippen molar-refractivity contribution in [1.29, 1.82) is 0 Å². The number of fused-ring (bicyclic) bond motifs is 1. The molecule has 0 radical (unpaired) electrons. The number of nitrogens with zero attached hydrogens (tertiary/aromatic N) is 1. The fourth-order valence-electron chi connectivity index (χ4n) is 3.32. The highest BCUT2D eigenvalue weighted by Gasteiger charge is 2.20. The van der Waals surface area contributed by atoms with Crippen molar-refractivity contribution in [2.45, 2.75) is 31.4 Å². The summed E-state index contributed by atoms with van der Waals surface area (Å²) in [5.41, 5.74) is 2.99. The minimum absolute atomic E-state index is 0.261. The molecule has 0 spiro atoms. The van der Waals surface area contributed by atoms with Gasteiger partial charge >= 0.3 is 0 Å². The summed E-state index contributed by atoms with van der Waals surface area (Å²) in [6.45, 7) is 5.63. The van der Waals surface area contributed by atoms with E-state index >= 15 is 0 Å². The van der Waals surface area contributed by atoms with Crippen molar-refractivity contribution in [1.82, 2.24) is 9.97 Å². The number of hydrogen-bond donors (Lipinski definition) is 2. The minimum Gasteiger partial charge on any atom is -0.321 e. The van der Waals surface area contributed by atoms with Crippen molar-refractivity contribution in [2.24, 2.45) is 0 Å². The number of benzene rings is 2. The van der Waals surface area contributed by atoms with E-state index in [1.807, 2.05) is 32.0 Å². The highest BCUT2D eigenvalue weighted by atomic mass is 32.2. The Hall–Kier alpha value is -3.04. The third-order valence-electron chi connectivity index (χ3n) is 4.95. The predicted molar refractivity (Wildman–Crippen MR) is 125 cm³/mol. The van der Waals surface area contributed by atoms with E-state index in [0.29, 0.717) is 37.1 Å². The van der Waals surface area contributed by atoms with Crippen molar-refractivity contribution >= 4 is 44.9 Å². The van der Waals surface area contributed by atoms with Crippen molar-refractivity contribution in [3.63, 3.8) is 0 Å². The van der Waals surface area contributed by atoms with Gasteiger partial charge in [-0.25, -0.2) is 13.8 Å². The summed E-state index contributed by atoms with van der Waals surface area (Å²) in [5, 5.41) is 3.28. The zero-order valence-electron chi connectivity index (χ0n) is 17.5. The molecule has 0 saturated heterocycles. The van der Waals surface area contributed by atoms with E-state index in [-0.39, 0.29) is 17.2 Å². The summed E-state index contributed by atoms with van der Waals surface area (Å²) in [4.78, 5) is 34.2. The number of rotatable bonds is 5. The van der Waals surface area contributed by atoms with Gasteiger partial charge in [0.05, 0.1) is 16.0 Å². The second-order valence-electron chi connectivity index (χ2n) is 7.39. The van der Waals surface area contributed by atoms with Gasteiger partial charge in [-0.15, -0.1) is 23.1 Å². The molecule has 0 aliphatic rings. The first-order chi connectivity index (χ1) is 15.2. The first-order valence-electron chi connectivity index (χ1n) is 9.71. The lowest BCUT2D eigenvalue weighted by atomic mass is 10.1. The van der Waals surface area contributed by atoms with Gasteiger partial charge in [0.25, 0.3) is 11.5 Å². The molecule has 0 atom stereocenters. The van der Waals surface area contributed by atoms with Gasteiger partial charge in [0, 0.05) is 10.6 Å². The first-order valence-corrected chi connectivity index (χ1v) is 11.5. The molecule has 4 aromatic rings. The number of hydrogen-bond acceptors (Lipinski definition) is 5. The van der Waals surface area contributed by atoms with Crippen LogP contribution in [0.4, 0.5) is 14.5 Å². The lowest BCUT2D eigenvalue weighted by molar-refractivity contribution is 0.103. The maximum atomic E-state index is 13.4. The number of aromatic amines is 1. The van der Waals surface area contributed by atoms with Crippen LogP contribution in [0.2, 0.25) is 0 Å². The number of nitrogens with one attached hydrogen (secondary N) is 2. The number of thiophene rings is 1. The average molecular weight is 472 g/mol. The van der Waals surface area contributed by atoms with Crippen LogP contribution in [-0.2, 0) is 5.75 Å². The number of halogens is 2. The van der Waals surface area contributed by atoms with E-state index in [1.54, 1.807) is 6.92 Å². The SMILES string of the molecule is Cc1ccc(NC(=O)c2sc3nc(CSc4ccc(F)c(F)c4)[nH]c(=O)c3c2C)c(C)c1. The van der Waals surface area contributed by atoms with Gasteiger partial charge in [0.2, 0.25) is 0 Å². The maximum Gasteiger partial charge on any atom is 0.266 e. The van der Waals surface area contributed by atoms with Crippen molar-refractivity contribution in [3.8, 4) is 0 Å². The molecule has 0 saturated carbocycles. The number of carbonyl (C=O) groups excluding carboxylic acids is 1. The quantitative estimate of drug-likeness (QED) is 0.365. The van der Waals surface area contributed by atoms with Crippen LogP contribution in [0.1, 0.15) is 32.2 Å². The van der Waals surface area contributed by atoms with E-state index in [9.17, 15) is 18.4 Å². The molecule has 2 aromatic heterocycles. The summed E-state index contributed by atoms with van der Waals surface area (Å²) in [5.74, 6) is -1.49. The number of amides is 1. The van der Waals surface area contributed by atoms with E-state index in [0.717, 1.165) is 34.6 Å². The molecule has 164 valence electrons. The predicted octanol–water partition coefficient (Wildman–Crippen LogP) is 5.73. The van der Waals surface area contributed by atoms with E-state index in [2.05, 4.69) is 15.3 Å². The minimum atomic E-state index is -0.930. The maximum absolute atomic E-state index is 13.4. The standard InChI is InChI=1S/C23H19F2N3O2S2/c1-11-4-7-17(12(2)8-11)26-22(30)20-13(3)19-21(29)27-18(28-23(19)32-20)10-31-14-5-6-15(24)16(25)9-14/h4-9H,10H2,1-3H3,(H,26,30)(H,27,28,29). The number of anilines is 1. The molecule has 5 nitrogen and oxygen atoms in total. The van der Waals surface area contributed by atoms with Crippen molar-refractivity contribution in [2.75, 3.05) is 5.32 Å². The highest BCUT2D eigenvalue weighted by Crippen LogP contribution is 2.29. The first kappa shape index (κ1) is 22.2. The fraction of sp³-hybridized carbons (Fsp3) is 0.174. The molecule has 0 fully saturated rings. The number of aromatic nitrogens is 2. The molecule has 2 aromatic carbocycles. The molecule has 9 heteroatoms. The van der Waals surface area contributed by atoms with Crippen molar-refractivity contribution < 1.29 is 13.6 Å².